The van der Waals surface area contributed by atoms with E-state index in [2.05, 4.69) is 29.0 Å². The smallest absolute Gasteiger partial charge is 0.119 e. The minimum Gasteiger partial charge on any atom is -0.497 e. The molecule has 0 aliphatic heterocycles. The number of ether oxygens (including phenoxy) is 1. The maximum Gasteiger partial charge on any atom is 0.119 e. The second kappa shape index (κ2) is 5.39. The van der Waals surface area contributed by atoms with Gasteiger partial charge in [0.25, 0.3) is 0 Å². The Morgan fingerprint density at radius 1 is 1.10 bits per heavy atom. The van der Waals surface area contributed by atoms with Crippen LogP contribution in [0.2, 0.25) is 0 Å². The third-order valence-electron chi connectivity index (χ3n) is 3.53. The Bertz CT molecular complexity index is 731. The van der Waals surface area contributed by atoms with Gasteiger partial charge in [0.1, 0.15) is 5.75 Å². The molecule has 20 heavy (non-hydrogen) atoms. The van der Waals surface area contributed by atoms with Crippen molar-refractivity contribution in [2.45, 2.75) is 13.2 Å². The van der Waals surface area contributed by atoms with Crippen LogP contribution >= 0.6 is 0 Å². The van der Waals surface area contributed by atoms with Gasteiger partial charge in [0, 0.05) is 18.3 Å². The van der Waals surface area contributed by atoms with Crippen molar-refractivity contribution in [1.82, 2.24) is 4.57 Å². The van der Waals surface area contributed by atoms with Gasteiger partial charge in [-0.1, -0.05) is 30.3 Å². The van der Waals surface area contributed by atoms with Crippen molar-refractivity contribution >= 4 is 10.9 Å². The number of methoxy groups -OCH3 is 1. The van der Waals surface area contributed by atoms with E-state index in [4.69, 9.17) is 4.74 Å². The van der Waals surface area contributed by atoms with Gasteiger partial charge in [-0.15, -0.1) is 0 Å². The fourth-order valence-corrected chi connectivity index (χ4v) is 2.57. The highest BCUT2D eigenvalue weighted by Crippen LogP contribution is 2.22. The van der Waals surface area contributed by atoms with Gasteiger partial charge in [-0.3, -0.25) is 0 Å². The Hall–Kier alpha value is -2.26. The predicted molar refractivity (Wildman–Crippen MR) is 80.0 cm³/mol. The fraction of sp³-hybridized carbons (Fsp3) is 0.176. The van der Waals surface area contributed by atoms with Crippen molar-refractivity contribution in [3.05, 3.63) is 65.9 Å². The molecular formula is C17H17NO2. The first kappa shape index (κ1) is 12.8. The van der Waals surface area contributed by atoms with Crippen LogP contribution in [0.4, 0.5) is 0 Å². The molecule has 0 aliphatic carbocycles. The van der Waals surface area contributed by atoms with Crippen LogP contribution in [0.25, 0.3) is 10.9 Å². The number of benzene rings is 2. The second-order valence-corrected chi connectivity index (χ2v) is 4.81. The molecule has 0 atom stereocenters. The zero-order chi connectivity index (χ0) is 13.9. The molecule has 0 fully saturated rings. The largest absolute Gasteiger partial charge is 0.497 e. The molecule has 0 saturated heterocycles. The molecule has 0 saturated carbocycles. The van der Waals surface area contributed by atoms with E-state index in [9.17, 15) is 5.11 Å². The number of para-hydroxylation sites is 1. The quantitative estimate of drug-likeness (QED) is 0.787. The van der Waals surface area contributed by atoms with Gasteiger partial charge >= 0.3 is 0 Å². The molecule has 1 aromatic heterocycles. The molecule has 0 unspecified atom stereocenters. The highest BCUT2D eigenvalue weighted by atomic mass is 16.5. The molecule has 102 valence electrons. The summed E-state index contributed by atoms with van der Waals surface area (Å²) < 4.78 is 7.42. The first-order valence-electron chi connectivity index (χ1n) is 6.62. The van der Waals surface area contributed by atoms with E-state index in [1.54, 1.807) is 7.11 Å². The normalized spacial score (nSPS) is 10.9. The van der Waals surface area contributed by atoms with Gasteiger partial charge in [-0.2, -0.15) is 0 Å². The highest BCUT2D eigenvalue weighted by Gasteiger charge is 2.06. The molecular weight excluding hydrogens is 250 g/mol. The Balaban J connectivity index is 2.02. The van der Waals surface area contributed by atoms with Crippen molar-refractivity contribution in [3.63, 3.8) is 0 Å². The molecule has 1 N–H and O–H groups in total. The summed E-state index contributed by atoms with van der Waals surface area (Å²) in [6.45, 7) is 0.817. The van der Waals surface area contributed by atoms with Crippen LogP contribution in [0.3, 0.4) is 0 Å². The van der Waals surface area contributed by atoms with Gasteiger partial charge in [0.15, 0.2) is 0 Å². The lowest BCUT2D eigenvalue weighted by Gasteiger charge is -2.10. The van der Waals surface area contributed by atoms with Crippen LogP contribution in [-0.4, -0.2) is 16.8 Å². The molecule has 3 heteroatoms. The number of aliphatic hydroxyl groups is 1. The Morgan fingerprint density at radius 3 is 2.75 bits per heavy atom. The minimum absolute atomic E-state index is 0.0550. The fourth-order valence-electron chi connectivity index (χ4n) is 2.57. The Kier molecular flexibility index (Phi) is 3.44. The van der Waals surface area contributed by atoms with Crippen molar-refractivity contribution in [3.8, 4) is 5.75 Å². The molecule has 3 rings (SSSR count). The Labute approximate surface area is 118 Å². The number of nitrogens with zero attached hydrogens (tertiary/aromatic N) is 1. The first-order chi connectivity index (χ1) is 9.81. The topological polar surface area (TPSA) is 34.4 Å². The van der Waals surface area contributed by atoms with Crippen LogP contribution < -0.4 is 4.74 Å². The lowest BCUT2D eigenvalue weighted by atomic mass is 10.1. The van der Waals surface area contributed by atoms with Gasteiger partial charge in [0.2, 0.25) is 0 Å². The lowest BCUT2D eigenvalue weighted by molar-refractivity contribution is 0.283. The summed E-state index contributed by atoms with van der Waals surface area (Å²) >= 11 is 0. The number of fused-ring (bicyclic) bond motifs is 1. The van der Waals surface area contributed by atoms with Crippen molar-refractivity contribution < 1.29 is 9.84 Å². The third kappa shape index (κ3) is 2.28. The molecule has 0 bridgehead atoms. The first-order valence-corrected chi connectivity index (χ1v) is 6.62. The lowest BCUT2D eigenvalue weighted by Crippen LogP contribution is -2.00. The van der Waals surface area contributed by atoms with E-state index in [1.807, 2.05) is 30.3 Å². The van der Waals surface area contributed by atoms with Crippen molar-refractivity contribution in [2.24, 2.45) is 0 Å². The molecule has 3 aromatic rings. The van der Waals surface area contributed by atoms with Gasteiger partial charge in [0.05, 0.1) is 19.2 Å². The summed E-state index contributed by atoms with van der Waals surface area (Å²) in [4.78, 5) is 0. The number of aromatic nitrogens is 1. The van der Waals surface area contributed by atoms with E-state index in [0.29, 0.717) is 0 Å². The van der Waals surface area contributed by atoms with Crippen molar-refractivity contribution in [2.75, 3.05) is 7.11 Å². The Morgan fingerprint density at radius 2 is 1.95 bits per heavy atom. The molecule has 0 spiro atoms. The zero-order valence-electron chi connectivity index (χ0n) is 11.4. The monoisotopic (exact) mass is 267 g/mol. The number of aliphatic hydroxyl groups excluding tert-OH is 1. The third-order valence-corrected chi connectivity index (χ3v) is 3.53. The minimum atomic E-state index is 0.0550. The summed E-state index contributed by atoms with van der Waals surface area (Å²) in [6, 6.07) is 16.1. The average Bonchev–Trinajstić information content (AvgIpc) is 2.90. The van der Waals surface area contributed by atoms with Crippen LogP contribution in [-0.2, 0) is 13.2 Å². The number of hydrogen-bond donors (Lipinski definition) is 1. The molecule has 3 nitrogen and oxygen atoms in total. The van der Waals surface area contributed by atoms with E-state index in [-0.39, 0.29) is 6.61 Å². The maximum absolute atomic E-state index is 9.49. The summed E-state index contributed by atoms with van der Waals surface area (Å²) in [5.74, 6) is 0.862. The van der Waals surface area contributed by atoms with E-state index >= 15 is 0 Å². The summed E-state index contributed by atoms with van der Waals surface area (Å²) in [5, 5.41) is 10.6. The number of rotatable bonds is 4. The molecule has 0 aliphatic rings. The predicted octanol–water partition coefficient (Wildman–Crippen LogP) is 3.19. The zero-order valence-corrected chi connectivity index (χ0v) is 11.4. The summed E-state index contributed by atoms with van der Waals surface area (Å²) in [7, 11) is 1.67. The molecule has 2 aromatic carbocycles. The van der Waals surface area contributed by atoms with E-state index in [0.717, 1.165) is 28.8 Å². The maximum atomic E-state index is 9.49. The highest BCUT2D eigenvalue weighted by molar-refractivity contribution is 5.83. The summed E-state index contributed by atoms with van der Waals surface area (Å²) in [5.41, 5.74) is 3.22. The molecule has 0 radical (unpaired) electrons. The van der Waals surface area contributed by atoms with Crippen LogP contribution in [0.1, 0.15) is 11.1 Å². The van der Waals surface area contributed by atoms with E-state index in [1.165, 1.54) is 5.56 Å². The number of hydrogen-bond acceptors (Lipinski definition) is 2. The van der Waals surface area contributed by atoms with Gasteiger partial charge in [-0.25, -0.2) is 0 Å². The SMILES string of the molecule is COc1cccc(Cn2ccc3cccc(CO)c32)c1. The second-order valence-electron chi connectivity index (χ2n) is 4.81. The van der Waals surface area contributed by atoms with Crippen LogP contribution in [0.15, 0.2) is 54.7 Å². The van der Waals surface area contributed by atoms with Gasteiger partial charge < -0.3 is 14.4 Å². The molecule has 1 heterocycles. The standard InChI is InChI=1S/C17H17NO2/c1-20-16-7-2-4-13(10-16)11-18-9-8-14-5-3-6-15(12-19)17(14)18/h2-10,19H,11-12H2,1H3. The molecule has 0 amide bonds. The van der Waals surface area contributed by atoms with Crippen LogP contribution in [0, 0.1) is 0 Å². The van der Waals surface area contributed by atoms with Crippen molar-refractivity contribution in [1.29, 1.82) is 0 Å². The van der Waals surface area contributed by atoms with Crippen LogP contribution in [0.5, 0.6) is 5.75 Å². The van der Waals surface area contributed by atoms with E-state index < -0.39 is 0 Å². The van der Waals surface area contributed by atoms with Gasteiger partial charge in [-0.05, 0) is 29.1 Å². The average molecular weight is 267 g/mol. The summed E-state index contributed by atoms with van der Waals surface area (Å²) in [6.07, 6.45) is 2.06.